The number of piperidine rings is 1. The minimum absolute atomic E-state index is 0.112. The summed E-state index contributed by atoms with van der Waals surface area (Å²) in [6, 6.07) is 5.42. The molecule has 1 amide bonds. The minimum atomic E-state index is -3.60. The first kappa shape index (κ1) is 25.7. The molecule has 0 spiro atoms. The summed E-state index contributed by atoms with van der Waals surface area (Å²) < 4.78 is 33.0. The number of amides is 1. The molecule has 0 aromatic heterocycles. The second-order valence-corrected chi connectivity index (χ2v) is 11.8. The average molecular weight is 479 g/mol. The van der Waals surface area contributed by atoms with Crippen LogP contribution in [0.15, 0.2) is 23.1 Å². The highest BCUT2D eigenvalue weighted by Crippen LogP contribution is 2.30. The van der Waals surface area contributed by atoms with Crippen molar-refractivity contribution in [3.8, 4) is 0 Å². The standard InChI is InChI=1S/C25H38N2O5S/c1-16-9-10-23(18(3)15-16)33(30,31)27-13-11-21(12-14-27)25(29)32-20(5)24(28)26-22-8-6-7-17(2)19(22)4/h9-10,15,17,19-22H,6-8,11-14H2,1-5H3,(H,26,28)/t17-,19+,20+,22-/m1/s1. The van der Waals surface area contributed by atoms with Gasteiger partial charge < -0.3 is 10.1 Å². The number of carbonyl (C=O) groups is 2. The van der Waals surface area contributed by atoms with Crippen molar-refractivity contribution >= 4 is 21.9 Å². The molecule has 0 radical (unpaired) electrons. The molecule has 1 saturated carbocycles. The maximum absolute atomic E-state index is 13.1. The van der Waals surface area contributed by atoms with E-state index in [0.29, 0.717) is 29.6 Å². The zero-order chi connectivity index (χ0) is 24.3. The number of carbonyl (C=O) groups excluding carboxylic acids is 2. The molecule has 184 valence electrons. The Bertz CT molecular complexity index is 969. The topological polar surface area (TPSA) is 92.8 Å². The number of benzene rings is 1. The van der Waals surface area contributed by atoms with Crippen LogP contribution in [0.5, 0.6) is 0 Å². The summed E-state index contributed by atoms with van der Waals surface area (Å²) in [4.78, 5) is 25.6. The van der Waals surface area contributed by atoms with E-state index < -0.39 is 28.0 Å². The van der Waals surface area contributed by atoms with Gasteiger partial charge in [-0.3, -0.25) is 9.59 Å². The average Bonchev–Trinajstić information content (AvgIpc) is 2.76. The van der Waals surface area contributed by atoms with Gasteiger partial charge >= 0.3 is 5.97 Å². The molecule has 8 heteroatoms. The number of ether oxygens (including phenoxy) is 1. The predicted molar refractivity (Wildman–Crippen MR) is 127 cm³/mol. The lowest BCUT2D eigenvalue weighted by Gasteiger charge is -2.35. The molecule has 7 nitrogen and oxygen atoms in total. The van der Waals surface area contributed by atoms with Gasteiger partial charge in [0.2, 0.25) is 10.0 Å². The van der Waals surface area contributed by atoms with E-state index in [-0.39, 0.29) is 25.0 Å². The predicted octanol–water partition coefficient (Wildman–Crippen LogP) is 3.58. The molecule has 1 aromatic carbocycles. The van der Waals surface area contributed by atoms with Crippen molar-refractivity contribution in [2.24, 2.45) is 17.8 Å². The van der Waals surface area contributed by atoms with Crippen LogP contribution in [0.2, 0.25) is 0 Å². The van der Waals surface area contributed by atoms with Gasteiger partial charge in [0.15, 0.2) is 6.10 Å². The van der Waals surface area contributed by atoms with Crippen LogP contribution in [0, 0.1) is 31.6 Å². The zero-order valence-electron chi connectivity index (χ0n) is 20.5. The lowest BCUT2D eigenvalue weighted by Crippen LogP contribution is -2.48. The van der Waals surface area contributed by atoms with Crippen LogP contribution in [0.3, 0.4) is 0 Å². The van der Waals surface area contributed by atoms with Crippen LogP contribution in [0.1, 0.15) is 64.0 Å². The van der Waals surface area contributed by atoms with Crippen LogP contribution in [0.25, 0.3) is 0 Å². The summed E-state index contributed by atoms with van der Waals surface area (Å²) in [6.45, 7) is 10.2. The highest BCUT2D eigenvalue weighted by molar-refractivity contribution is 7.89. The van der Waals surface area contributed by atoms with Gasteiger partial charge in [-0.15, -0.1) is 0 Å². The van der Waals surface area contributed by atoms with Crippen LogP contribution in [-0.4, -0.2) is 49.8 Å². The van der Waals surface area contributed by atoms with Gasteiger partial charge in [0, 0.05) is 19.1 Å². The lowest BCUT2D eigenvalue weighted by atomic mass is 9.78. The normalized spacial score (nSPS) is 25.9. The first-order valence-corrected chi connectivity index (χ1v) is 13.5. The smallest absolute Gasteiger partial charge is 0.309 e. The summed E-state index contributed by atoms with van der Waals surface area (Å²) in [7, 11) is -3.60. The number of nitrogens with one attached hydrogen (secondary N) is 1. The zero-order valence-corrected chi connectivity index (χ0v) is 21.3. The van der Waals surface area contributed by atoms with E-state index in [1.807, 2.05) is 13.0 Å². The molecular formula is C25H38N2O5S. The van der Waals surface area contributed by atoms with Gasteiger partial charge in [-0.25, -0.2) is 8.42 Å². The molecule has 2 fully saturated rings. The molecule has 1 saturated heterocycles. The van der Waals surface area contributed by atoms with Gasteiger partial charge in [0.25, 0.3) is 5.91 Å². The van der Waals surface area contributed by atoms with Crippen molar-refractivity contribution in [3.63, 3.8) is 0 Å². The molecule has 1 N–H and O–H groups in total. The van der Waals surface area contributed by atoms with E-state index in [2.05, 4.69) is 19.2 Å². The number of nitrogens with zero attached hydrogens (tertiary/aromatic N) is 1. The quantitative estimate of drug-likeness (QED) is 0.631. The number of hydrogen-bond donors (Lipinski definition) is 1. The molecule has 1 aliphatic heterocycles. The van der Waals surface area contributed by atoms with Gasteiger partial charge in [-0.1, -0.05) is 44.4 Å². The minimum Gasteiger partial charge on any atom is -0.452 e. The van der Waals surface area contributed by atoms with Crippen molar-refractivity contribution < 1.29 is 22.7 Å². The van der Waals surface area contributed by atoms with E-state index in [4.69, 9.17) is 4.74 Å². The highest BCUT2D eigenvalue weighted by Gasteiger charge is 2.35. The maximum Gasteiger partial charge on any atom is 0.309 e. The number of aryl methyl sites for hydroxylation is 2. The van der Waals surface area contributed by atoms with Crippen molar-refractivity contribution in [2.45, 2.75) is 83.8 Å². The molecule has 1 heterocycles. The Hall–Kier alpha value is -1.93. The molecule has 0 unspecified atom stereocenters. The van der Waals surface area contributed by atoms with Crippen molar-refractivity contribution in [1.29, 1.82) is 0 Å². The van der Waals surface area contributed by atoms with E-state index in [9.17, 15) is 18.0 Å². The summed E-state index contributed by atoms with van der Waals surface area (Å²) in [5, 5.41) is 3.06. The molecule has 3 rings (SSSR count). The van der Waals surface area contributed by atoms with Crippen molar-refractivity contribution in [3.05, 3.63) is 29.3 Å². The fourth-order valence-electron chi connectivity index (χ4n) is 4.97. The van der Waals surface area contributed by atoms with Crippen molar-refractivity contribution in [2.75, 3.05) is 13.1 Å². The molecular weight excluding hydrogens is 440 g/mol. The SMILES string of the molecule is Cc1ccc(S(=O)(=O)N2CCC(C(=O)O[C@@H](C)C(=O)N[C@@H]3CCC[C@@H](C)[C@@H]3C)CC2)c(C)c1. The highest BCUT2D eigenvalue weighted by atomic mass is 32.2. The second kappa shape index (κ2) is 10.6. The Labute approximate surface area is 198 Å². The van der Waals surface area contributed by atoms with Crippen LogP contribution in [-0.2, 0) is 24.3 Å². The third-order valence-corrected chi connectivity index (χ3v) is 9.49. The van der Waals surface area contributed by atoms with Gasteiger partial charge in [0.05, 0.1) is 10.8 Å². The number of sulfonamides is 1. The molecule has 0 bridgehead atoms. The first-order chi connectivity index (χ1) is 15.5. The lowest BCUT2D eigenvalue weighted by molar-refractivity contribution is -0.160. The Morgan fingerprint density at radius 3 is 2.39 bits per heavy atom. The Morgan fingerprint density at radius 1 is 1.09 bits per heavy atom. The number of rotatable bonds is 6. The number of hydrogen-bond acceptors (Lipinski definition) is 5. The third-order valence-electron chi connectivity index (χ3n) is 7.43. The fourth-order valence-corrected chi connectivity index (χ4v) is 6.64. The fraction of sp³-hybridized carbons (Fsp3) is 0.680. The van der Waals surface area contributed by atoms with Crippen LogP contribution < -0.4 is 5.32 Å². The first-order valence-electron chi connectivity index (χ1n) is 12.1. The second-order valence-electron chi connectivity index (χ2n) is 9.91. The van der Waals surface area contributed by atoms with E-state index in [1.165, 1.54) is 10.7 Å². The molecule has 1 aliphatic carbocycles. The third kappa shape index (κ3) is 5.96. The summed E-state index contributed by atoms with van der Waals surface area (Å²) in [5.74, 6) is -0.129. The number of esters is 1. The van der Waals surface area contributed by atoms with Crippen LogP contribution >= 0.6 is 0 Å². The maximum atomic E-state index is 13.1. The van der Waals surface area contributed by atoms with Gasteiger partial charge in [0.1, 0.15) is 0 Å². The largest absolute Gasteiger partial charge is 0.452 e. The summed E-state index contributed by atoms with van der Waals surface area (Å²) in [5.41, 5.74) is 1.73. The molecule has 33 heavy (non-hydrogen) atoms. The van der Waals surface area contributed by atoms with E-state index in [1.54, 1.807) is 26.0 Å². The van der Waals surface area contributed by atoms with Crippen molar-refractivity contribution in [1.82, 2.24) is 9.62 Å². The molecule has 2 aliphatic rings. The Kier molecular flexibility index (Phi) is 8.22. The Morgan fingerprint density at radius 2 is 1.76 bits per heavy atom. The van der Waals surface area contributed by atoms with Gasteiger partial charge in [-0.05, 0) is 63.5 Å². The molecule has 1 aromatic rings. The van der Waals surface area contributed by atoms with E-state index in [0.717, 1.165) is 24.0 Å². The monoisotopic (exact) mass is 478 g/mol. The summed E-state index contributed by atoms with van der Waals surface area (Å²) in [6.07, 6.45) is 3.12. The Balaban J connectivity index is 1.52. The summed E-state index contributed by atoms with van der Waals surface area (Å²) >= 11 is 0. The molecule has 4 atom stereocenters. The van der Waals surface area contributed by atoms with E-state index >= 15 is 0 Å². The van der Waals surface area contributed by atoms with Gasteiger partial charge in [-0.2, -0.15) is 4.31 Å². The van der Waals surface area contributed by atoms with Crippen LogP contribution in [0.4, 0.5) is 0 Å².